The van der Waals surface area contributed by atoms with Crippen molar-refractivity contribution in [1.82, 2.24) is 10.6 Å². The predicted octanol–water partition coefficient (Wildman–Crippen LogP) is 0.939. The Labute approximate surface area is 91.0 Å². The third-order valence-corrected chi connectivity index (χ3v) is 2.64. The molecule has 0 aromatic heterocycles. The van der Waals surface area contributed by atoms with E-state index < -0.39 is 0 Å². The molecule has 1 saturated heterocycles. The summed E-state index contributed by atoms with van der Waals surface area (Å²) in [6.07, 6.45) is 5.61. The van der Waals surface area contributed by atoms with Crippen LogP contribution in [0.4, 0.5) is 0 Å². The van der Waals surface area contributed by atoms with Gasteiger partial charge in [-0.2, -0.15) is 5.26 Å². The molecule has 1 rings (SSSR count). The quantitative estimate of drug-likeness (QED) is 0.662. The molecule has 1 aliphatic rings. The van der Waals surface area contributed by atoms with E-state index in [9.17, 15) is 4.79 Å². The highest BCUT2D eigenvalue weighted by molar-refractivity contribution is 5.81. The minimum absolute atomic E-state index is 0.00900. The molecule has 0 aromatic rings. The highest BCUT2D eigenvalue weighted by Crippen LogP contribution is 2.06. The Morgan fingerprint density at radius 2 is 2.33 bits per heavy atom. The van der Waals surface area contributed by atoms with Crippen molar-refractivity contribution in [3.63, 3.8) is 0 Å². The van der Waals surface area contributed by atoms with Crippen LogP contribution in [0.3, 0.4) is 0 Å². The molecule has 1 heterocycles. The van der Waals surface area contributed by atoms with Gasteiger partial charge in [-0.1, -0.05) is 6.42 Å². The van der Waals surface area contributed by atoms with Crippen molar-refractivity contribution in [2.45, 2.75) is 44.6 Å². The van der Waals surface area contributed by atoms with Gasteiger partial charge in [0.1, 0.15) is 0 Å². The van der Waals surface area contributed by atoms with Crippen molar-refractivity contribution in [3.8, 4) is 6.07 Å². The van der Waals surface area contributed by atoms with E-state index in [-0.39, 0.29) is 11.9 Å². The molecule has 1 aliphatic heterocycles. The first kappa shape index (κ1) is 12.0. The lowest BCUT2D eigenvalue weighted by atomic mass is 10.0. The summed E-state index contributed by atoms with van der Waals surface area (Å²) in [6.45, 7) is 1.64. The van der Waals surface area contributed by atoms with Crippen LogP contribution in [0.5, 0.6) is 0 Å². The first-order valence-electron chi connectivity index (χ1n) is 5.72. The van der Waals surface area contributed by atoms with Crippen molar-refractivity contribution in [2.24, 2.45) is 0 Å². The number of hydrogen-bond acceptors (Lipinski definition) is 3. The number of nitriles is 1. The lowest BCUT2D eigenvalue weighted by molar-refractivity contribution is -0.123. The predicted molar refractivity (Wildman–Crippen MR) is 58.1 cm³/mol. The molecule has 4 nitrogen and oxygen atoms in total. The Morgan fingerprint density at radius 3 is 3.00 bits per heavy atom. The Kier molecular flexibility index (Phi) is 5.79. The van der Waals surface area contributed by atoms with Gasteiger partial charge < -0.3 is 10.6 Å². The van der Waals surface area contributed by atoms with Gasteiger partial charge in [0.25, 0.3) is 0 Å². The van der Waals surface area contributed by atoms with Gasteiger partial charge >= 0.3 is 0 Å². The summed E-state index contributed by atoms with van der Waals surface area (Å²) in [7, 11) is 0. The van der Waals surface area contributed by atoms with E-state index >= 15 is 0 Å². The first-order chi connectivity index (χ1) is 7.34. The Morgan fingerprint density at radius 1 is 1.47 bits per heavy atom. The summed E-state index contributed by atoms with van der Waals surface area (Å²) in [5, 5.41) is 14.4. The average molecular weight is 209 g/mol. The van der Waals surface area contributed by atoms with E-state index in [1.807, 2.05) is 0 Å². The van der Waals surface area contributed by atoms with Crippen LogP contribution in [-0.2, 0) is 4.79 Å². The molecule has 1 fully saturated rings. The molecule has 0 saturated carbocycles. The smallest absolute Gasteiger partial charge is 0.237 e. The monoisotopic (exact) mass is 209 g/mol. The normalized spacial score (nSPS) is 20.6. The fraction of sp³-hybridized carbons (Fsp3) is 0.818. The average Bonchev–Trinajstić information content (AvgIpc) is 2.30. The van der Waals surface area contributed by atoms with Gasteiger partial charge in [0.2, 0.25) is 5.91 Å². The van der Waals surface area contributed by atoms with Crippen LogP contribution < -0.4 is 10.6 Å². The van der Waals surface area contributed by atoms with Crippen molar-refractivity contribution in [1.29, 1.82) is 5.26 Å². The fourth-order valence-electron chi connectivity index (χ4n) is 1.74. The van der Waals surface area contributed by atoms with Gasteiger partial charge in [-0.25, -0.2) is 0 Å². The third kappa shape index (κ3) is 4.80. The zero-order valence-electron chi connectivity index (χ0n) is 9.09. The van der Waals surface area contributed by atoms with E-state index in [0.29, 0.717) is 13.0 Å². The van der Waals surface area contributed by atoms with E-state index in [4.69, 9.17) is 5.26 Å². The minimum Gasteiger partial charge on any atom is -0.355 e. The molecule has 1 amide bonds. The lowest BCUT2D eigenvalue weighted by Crippen LogP contribution is -2.46. The minimum atomic E-state index is 0.00900. The second-order valence-electron chi connectivity index (χ2n) is 3.91. The molecule has 2 N–H and O–H groups in total. The number of amides is 1. The molecular formula is C11H19N3O. The summed E-state index contributed by atoms with van der Waals surface area (Å²) in [5.74, 6) is 0.117. The number of carbonyl (C=O) groups is 1. The molecular weight excluding hydrogens is 190 g/mol. The first-order valence-corrected chi connectivity index (χ1v) is 5.72. The molecule has 84 valence electrons. The molecule has 0 aliphatic carbocycles. The molecule has 0 unspecified atom stereocenters. The Balaban J connectivity index is 2.05. The van der Waals surface area contributed by atoms with Crippen molar-refractivity contribution in [3.05, 3.63) is 0 Å². The van der Waals surface area contributed by atoms with E-state index in [1.54, 1.807) is 0 Å². The SMILES string of the molecule is N#CCCCCNC(=O)[C@H]1CCCCN1. The van der Waals surface area contributed by atoms with Crippen LogP contribution in [0.25, 0.3) is 0 Å². The standard InChI is InChI=1S/C11H19N3O/c12-7-3-1-4-9-14-11(15)10-6-2-5-8-13-10/h10,13H,1-6,8-9H2,(H,14,15)/t10-/m1/s1. The number of hydrogen-bond donors (Lipinski definition) is 2. The van der Waals surface area contributed by atoms with Crippen molar-refractivity contribution < 1.29 is 4.79 Å². The summed E-state index contributed by atoms with van der Waals surface area (Å²) in [6, 6.07) is 2.10. The molecule has 0 radical (unpaired) electrons. The maximum atomic E-state index is 11.6. The number of unbranched alkanes of at least 4 members (excludes halogenated alkanes) is 2. The summed E-state index contributed by atoms with van der Waals surface area (Å²) in [5.41, 5.74) is 0. The number of piperidine rings is 1. The van der Waals surface area contributed by atoms with Crippen LogP contribution in [0.1, 0.15) is 38.5 Å². The molecule has 1 atom stereocenters. The van der Waals surface area contributed by atoms with E-state index in [2.05, 4.69) is 16.7 Å². The number of carbonyl (C=O) groups excluding carboxylic acids is 1. The molecule has 0 spiro atoms. The van der Waals surface area contributed by atoms with Crippen LogP contribution in [0, 0.1) is 11.3 Å². The summed E-state index contributed by atoms with van der Waals surface area (Å²) < 4.78 is 0. The fourth-order valence-corrected chi connectivity index (χ4v) is 1.74. The highest BCUT2D eigenvalue weighted by Gasteiger charge is 2.19. The molecule has 0 bridgehead atoms. The number of rotatable bonds is 5. The van der Waals surface area contributed by atoms with Gasteiger partial charge in [0.05, 0.1) is 12.1 Å². The molecule has 15 heavy (non-hydrogen) atoms. The zero-order valence-corrected chi connectivity index (χ0v) is 9.09. The second kappa shape index (κ2) is 7.24. The summed E-state index contributed by atoms with van der Waals surface area (Å²) >= 11 is 0. The second-order valence-corrected chi connectivity index (χ2v) is 3.91. The Hall–Kier alpha value is -1.08. The van der Waals surface area contributed by atoms with Crippen LogP contribution in [0.2, 0.25) is 0 Å². The summed E-state index contributed by atoms with van der Waals surface area (Å²) in [4.78, 5) is 11.6. The van der Waals surface area contributed by atoms with Gasteiger partial charge in [-0.3, -0.25) is 4.79 Å². The third-order valence-electron chi connectivity index (χ3n) is 2.64. The van der Waals surface area contributed by atoms with Gasteiger partial charge in [-0.05, 0) is 32.2 Å². The largest absolute Gasteiger partial charge is 0.355 e. The maximum Gasteiger partial charge on any atom is 0.237 e. The number of nitrogens with zero attached hydrogens (tertiary/aromatic N) is 1. The van der Waals surface area contributed by atoms with E-state index in [0.717, 1.165) is 32.2 Å². The van der Waals surface area contributed by atoms with Gasteiger partial charge in [0, 0.05) is 13.0 Å². The van der Waals surface area contributed by atoms with Crippen LogP contribution in [-0.4, -0.2) is 25.0 Å². The van der Waals surface area contributed by atoms with Gasteiger partial charge in [-0.15, -0.1) is 0 Å². The molecule has 4 heteroatoms. The lowest BCUT2D eigenvalue weighted by Gasteiger charge is -2.22. The van der Waals surface area contributed by atoms with Crippen LogP contribution in [0.15, 0.2) is 0 Å². The Bertz CT molecular complexity index is 228. The van der Waals surface area contributed by atoms with Crippen LogP contribution >= 0.6 is 0 Å². The van der Waals surface area contributed by atoms with Gasteiger partial charge in [0.15, 0.2) is 0 Å². The molecule has 0 aromatic carbocycles. The highest BCUT2D eigenvalue weighted by atomic mass is 16.2. The maximum absolute atomic E-state index is 11.6. The number of nitrogens with one attached hydrogen (secondary N) is 2. The van der Waals surface area contributed by atoms with Crippen molar-refractivity contribution in [2.75, 3.05) is 13.1 Å². The zero-order chi connectivity index (χ0) is 10.9. The van der Waals surface area contributed by atoms with E-state index in [1.165, 1.54) is 6.42 Å². The van der Waals surface area contributed by atoms with Crippen molar-refractivity contribution >= 4 is 5.91 Å². The topological polar surface area (TPSA) is 64.9 Å².